The first kappa shape index (κ1) is 31.5. The Bertz CT molecular complexity index is 1590. The Morgan fingerprint density at radius 3 is 2.52 bits per heavy atom. The van der Waals surface area contributed by atoms with Crippen molar-refractivity contribution in [1.29, 1.82) is 0 Å². The van der Waals surface area contributed by atoms with Crippen LogP contribution in [0.1, 0.15) is 97.7 Å². The largest absolute Gasteiger partial charge is 0.481 e. The van der Waals surface area contributed by atoms with E-state index in [1.165, 1.54) is 11.3 Å². The number of hydrogen-bond donors (Lipinski definition) is 2. The number of aryl methyl sites for hydroxylation is 1. The van der Waals surface area contributed by atoms with Crippen molar-refractivity contribution in [2.45, 2.75) is 104 Å². The van der Waals surface area contributed by atoms with Gasteiger partial charge in [-0.1, -0.05) is 44.6 Å². The van der Waals surface area contributed by atoms with Crippen LogP contribution in [0, 0.1) is 6.92 Å². The lowest BCUT2D eigenvalue weighted by atomic mass is 9.86. The van der Waals surface area contributed by atoms with Gasteiger partial charge in [0.05, 0.1) is 12.7 Å². The fourth-order valence-corrected chi connectivity index (χ4v) is 6.35. The van der Waals surface area contributed by atoms with Crippen LogP contribution in [0.4, 0.5) is 17.5 Å². The van der Waals surface area contributed by atoms with Crippen LogP contribution < -0.4 is 10.2 Å². The lowest BCUT2D eigenvalue weighted by molar-refractivity contribution is -0.136. The second kappa shape index (κ2) is 12.3. The topological polar surface area (TPSA) is 99.4 Å². The van der Waals surface area contributed by atoms with Crippen LogP contribution in [0.15, 0.2) is 47.9 Å². The van der Waals surface area contributed by atoms with Crippen molar-refractivity contribution < 1.29 is 9.90 Å². The van der Waals surface area contributed by atoms with E-state index in [0.29, 0.717) is 11.6 Å². The highest BCUT2D eigenvalue weighted by Gasteiger charge is 2.32. The summed E-state index contributed by atoms with van der Waals surface area (Å²) in [7, 11) is 0. The van der Waals surface area contributed by atoms with Crippen LogP contribution in [0.25, 0.3) is 11.2 Å². The van der Waals surface area contributed by atoms with Crippen molar-refractivity contribution in [1.82, 2.24) is 24.4 Å². The van der Waals surface area contributed by atoms with Gasteiger partial charge >= 0.3 is 5.97 Å². The Kier molecular flexibility index (Phi) is 8.78. The van der Waals surface area contributed by atoms with E-state index in [2.05, 4.69) is 99.3 Å². The Morgan fingerprint density at radius 2 is 1.86 bits per heavy atom. The van der Waals surface area contributed by atoms with Gasteiger partial charge in [-0.25, -0.2) is 4.98 Å². The molecular weight excluding hydrogens is 550 g/mol. The fourth-order valence-electron chi connectivity index (χ4n) is 6.35. The molecule has 9 heteroatoms. The second-order valence-corrected chi connectivity index (χ2v) is 14.3. The van der Waals surface area contributed by atoms with Gasteiger partial charge < -0.3 is 24.8 Å². The van der Waals surface area contributed by atoms with Gasteiger partial charge in [-0.15, -0.1) is 0 Å². The summed E-state index contributed by atoms with van der Waals surface area (Å²) in [6, 6.07) is 6.83. The molecule has 1 aromatic carbocycles. The molecule has 3 heterocycles. The van der Waals surface area contributed by atoms with Crippen molar-refractivity contribution in [3.05, 3.63) is 59.1 Å². The molecule has 0 radical (unpaired) electrons. The van der Waals surface area contributed by atoms with Gasteiger partial charge in [0.25, 0.3) is 0 Å². The van der Waals surface area contributed by atoms with Gasteiger partial charge in [0.1, 0.15) is 5.52 Å². The number of nitrogens with one attached hydrogen (secondary N) is 1. The van der Waals surface area contributed by atoms with E-state index in [4.69, 9.17) is 15.0 Å². The number of rotatable bonds is 7. The molecule has 9 nitrogen and oxygen atoms in total. The van der Waals surface area contributed by atoms with Crippen LogP contribution in [-0.2, 0) is 10.2 Å². The molecule has 2 N–H and O–H groups in total. The number of carbonyl (C=O) groups is 1. The van der Waals surface area contributed by atoms with Gasteiger partial charge in [-0.05, 0) is 89.0 Å². The highest BCUT2D eigenvalue weighted by Crippen LogP contribution is 2.35. The molecule has 0 saturated carbocycles. The molecule has 0 atom stereocenters. The molecule has 0 amide bonds. The first-order valence-electron chi connectivity index (χ1n) is 16.0. The number of allylic oxidation sites excluding steroid dienone is 3. The Hall–Kier alpha value is -3.88. The smallest absolute Gasteiger partial charge is 0.307 e. The van der Waals surface area contributed by atoms with Crippen molar-refractivity contribution in [3.8, 4) is 0 Å². The van der Waals surface area contributed by atoms with E-state index in [1.54, 1.807) is 0 Å². The molecule has 3 aromatic rings. The van der Waals surface area contributed by atoms with Gasteiger partial charge in [0, 0.05) is 42.6 Å². The van der Waals surface area contributed by atoms with Crippen molar-refractivity contribution in [3.63, 3.8) is 0 Å². The molecule has 1 saturated heterocycles. The number of aliphatic carboxylic acids is 1. The second-order valence-electron chi connectivity index (χ2n) is 14.3. The minimum atomic E-state index is -0.767. The number of hydrogen-bond acceptors (Lipinski definition) is 7. The average Bonchev–Trinajstić information content (AvgIpc) is 3.37. The number of nitrogens with zero attached hydrogens (tertiary/aromatic N) is 6. The molecule has 5 rings (SSSR count). The van der Waals surface area contributed by atoms with Crippen molar-refractivity contribution in [2.24, 2.45) is 0 Å². The van der Waals surface area contributed by atoms with Crippen LogP contribution >= 0.6 is 0 Å². The zero-order chi connectivity index (χ0) is 31.8. The average molecular weight is 600 g/mol. The number of fused-ring (bicyclic) bond motifs is 1. The highest BCUT2D eigenvalue weighted by molar-refractivity contribution is 5.87. The summed E-state index contributed by atoms with van der Waals surface area (Å²) < 4.78 is 2.14. The zero-order valence-corrected chi connectivity index (χ0v) is 27.7. The summed E-state index contributed by atoms with van der Waals surface area (Å²) in [5.41, 5.74) is 7.36. The molecule has 0 unspecified atom stereocenters. The number of carboxylic acid groups (broad SMARTS) is 1. The van der Waals surface area contributed by atoms with Crippen molar-refractivity contribution in [2.75, 3.05) is 29.9 Å². The molecule has 2 aromatic heterocycles. The Morgan fingerprint density at radius 1 is 1.09 bits per heavy atom. The van der Waals surface area contributed by atoms with Crippen LogP contribution in [-0.4, -0.2) is 60.7 Å². The number of anilines is 3. The minimum Gasteiger partial charge on any atom is -0.481 e. The van der Waals surface area contributed by atoms with Gasteiger partial charge in [0.15, 0.2) is 11.5 Å². The minimum absolute atomic E-state index is 0.000764. The maximum Gasteiger partial charge on any atom is 0.307 e. The summed E-state index contributed by atoms with van der Waals surface area (Å²) in [5, 5.41) is 12.9. The summed E-state index contributed by atoms with van der Waals surface area (Å²) in [5.74, 6) is 0.701. The summed E-state index contributed by atoms with van der Waals surface area (Å²) in [6.07, 6.45) is 9.81. The lowest BCUT2D eigenvalue weighted by Crippen LogP contribution is -2.50. The van der Waals surface area contributed by atoms with Crippen LogP contribution in [0.2, 0.25) is 0 Å². The molecule has 236 valence electrons. The van der Waals surface area contributed by atoms with E-state index < -0.39 is 5.97 Å². The first-order chi connectivity index (χ1) is 20.7. The zero-order valence-electron chi connectivity index (χ0n) is 27.7. The predicted molar refractivity (Wildman–Crippen MR) is 179 cm³/mol. The highest BCUT2D eigenvalue weighted by atomic mass is 16.4. The van der Waals surface area contributed by atoms with E-state index in [9.17, 15) is 9.90 Å². The van der Waals surface area contributed by atoms with Crippen LogP contribution in [0.5, 0.6) is 0 Å². The first-order valence-corrected chi connectivity index (χ1v) is 16.0. The third-order valence-electron chi connectivity index (χ3n) is 9.09. The third kappa shape index (κ3) is 6.76. The van der Waals surface area contributed by atoms with Crippen LogP contribution in [0.3, 0.4) is 0 Å². The number of aromatic nitrogens is 4. The van der Waals surface area contributed by atoms with Gasteiger partial charge in [-0.3, -0.25) is 4.79 Å². The number of imidazole rings is 1. The lowest BCUT2D eigenvalue weighted by Gasteiger charge is -2.45. The molecule has 1 aliphatic heterocycles. The predicted octanol–water partition coefficient (Wildman–Crippen LogP) is 7.52. The van der Waals surface area contributed by atoms with E-state index in [0.717, 1.165) is 73.5 Å². The summed E-state index contributed by atoms with van der Waals surface area (Å²) >= 11 is 0. The summed E-state index contributed by atoms with van der Waals surface area (Å²) in [4.78, 5) is 31.0. The molecule has 44 heavy (non-hydrogen) atoms. The summed E-state index contributed by atoms with van der Waals surface area (Å²) in [6.45, 7) is 20.2. The van der Waals surface area contributed by atoms with E-state index in [1.807, 2.05) is 12.4 Å². The van der Waals surface area contributed by atoms with Crippen molar-refractivity contribution >= 4 is 34.6 Å². The quantitative estimate of drug-likeness (QED) is 0.288. The normalized spacial score (nSPS) is 17.8. The number of benzene rings is 1. The van der Waals surface area contributed by atoms with E-state index in [-0.39, 0.29) is 23.4 Å². The Labute approximate surface area is 262 Å². The molecule has 1 fully saturated rings. The van der Waals surface area contributed by atoms with Gasteiger partial charge in [0.2, 0.25) is 5.95 Å². The third-order valence-corrected chi connectivity index (χ3v) is 9.09. The molecule has 0 spiro atoms. The van der Waals surface area contributed by atoms with E-state index >= 15 is 0 Å². The fraction of sp³-hybridized carbons (Fsp3) is 0.543. The molecule has 1 aliphatic carbocycles. The number of carboxylic acids is 1. The maximum atomic E-state index is 11.2. The Balaban J connectivity index is 1.48. The SMILES string of the molecule is Cc1ccc(C(C)(C)C)cc1Nc1nc(N2CCCC(C)(C)N(C3=CC=C(CC(=O)O)CC3)CC2)nc2ncn(C(C)C)c12. The van der Waals surface area contributed by atoms with Gasteiger partial charge in [-0.2, -0.15) is 9.97 Å². The standard InChI is InChI=1S/C35H49N7O2/c1-23(2)41-22-36-31-30(41)32(37-28-21-26(34(4,5)6)13-10-24(28)3)39-33(38-31)40-17-9-16-35(7,8)42(19-18-40)27-14-11-25(12-15-27)20-29(43)44/h10-11,13-14,21-23H,9,12,15-20H2,1-8H3,(H,43,44)(H,37,38,39). The molecule has 0 bridgehead atoms. The molecular formula is C35H49N7O2. The molecule has 2 aliphatic rings. The monoisotopic (exact) mass is 599 g/mol. The maximum absolute atomic E-state index is 11.2.